The number of urea groups is 1. The Hall–Kier alpha value is -4.56. The van der Waals surface area contributed by atoms with Crippen LogP contribution in [-0.2, 0) is 17.8 Å². The number of amides is 3. The molecule has 15 heteroatoms. The van der Waals surface area contributed by atoms with E-state index in [1.807, 2.05) is 25.1 Å². The Morgan fingerprint density at radius 3 is 2.58 bits per heavy atom. The summed E-state index contributed by atoms with van der Waals surface area (Å²) in [6.07, 6.45) is -1.67. The topological polar surface area (TPSA) is 114 Å². The second kappa shape index (κ2) is 13.6. The number of aliphatic imine (C=N–C) groups is 1. The molecule has 0 atom stereocenters. The van der Waals surface area contributed by atoms with Crippen molar-refractivity contribution in [3.63, 3.8) is 0 Å². The second-order valence-electron chi connectivity index (χ2n) is 9.94. The van der Waals surface area contributed by atoms with Gasteiger partial charge in [-0.15, -0.1) is 18.3 Å². The van der Waals surface area contributed by atoms with Crippen molar-refractivity contribution in [3.8, 4) is 11.4 Å². The second-order valence-corrected chi connectivity index (χ2v) is 11.3. The Balaban J connectivity index is 1.21. The van der Waals surface area contributed by atoms with Crippen molar-refractivity contribution in [1.29, 1.82) is 0 Å². The molecule has 1 aliphatic rings. The van der Waals surface area contributed by atoms with E-state index in [4.69, 9.17) is 11.6 Å². The van der Waals surface area contributed by atoms with Crippen LogP contribution in [0.25, 0.3) is 5.69 Å². The minimum absolute atomic E-state index is 0.137. The van der Waals surface area contributed by atoms with Crippen LogP contribution in [0.3, 0.4) is 0 Å². The molecule has 4 aromatic rings. The number of nitrogens with one attached hydrogen (secondary N) is 2. The van der Waals surface area contributed by atoms with Crippen molar-refractivity contribution < 1.29 is 27.5 Å². The average Bonchev–Trinajstić information content (AvgIpc) is 3.59. The van der Waals surface area contributed by atoms with Crippen LogP contribution >= 0.6 is 23.4 Å². The van der Waals surface area contributed by atoms with Crippen LogP contribution in [0.4, 0.5) is 35.3 Å². The summed E-state index contributed by atoms with van der Waals surface area (Å²) in [6.45, 7) is 4.27. The maximum absolute atomic E-state index is 12.9. The van der Waals surface area contributed by atoms with Crippen LogP contribution in [0.5, 0.6) is 5.75 Å². The molecule has 1 fully saturated rings. The lowest BCUT2D eigenvalue weighted by molar-refractivity contribution is -0.274. The van der Waals surface area contributed by atoms with E-state index in [1.165, 1.54) is 51.9 Å². The number of rotatable bonds is 9. The molecule has 0 radical (unpaired) electrons. The lowest BCUT2D eigenvalue weighted by atomic mass is 10.0. The largest absolute Gasteiger partial charge is 0.573 e. The Bertz CT molecular complexity index is 1750. The Morgan fingerprint density at radius 1 is 1.11 bits per heavy atom. The normalized spacial score (nSPS) is 14.2. The third-order valence-corrected chi connectivity index (χ3v) is 7.81. The van der Waals surface area contributed by atoms with Crippen LogP contribution in [0.2, 0.25) is 5.02 Å². The van der Waals surface area contributed by atoms with Gasteiger partial charge in [-0.05, 0) is 72.5 Å². The molecule has 0 saturated carbocycles. The van der Waals surface area contributed by atoms with Gasteiger partial charge >= 0.3 is 12.4 Å². The summed E-state index contributed by atoms with van der Waals surface area (Å²) < 4.78 is 42.4. The highest BCUT2D eigenvalue weighted by atomic mass is 35.5. The van der Waals surface area contributed by atoms with Crippen molar-refractivity contribution in [2.45, 2.75) is 39.6 Å². The summed E-state index contributed by atoms with van der Waals surface area (Å²) in [5.74, 6) is -0.0276. The Morgan fingerprint density at radius 2 is 1.87 bits per heavy atom. The van der Waals surface area contributed by atoms with Gasteiger partial charge in [0.1, 0.15) is 12.1 Å². The minimum atomic E-state index is -4.77. The zero-order chi connectivity index (χ0) is 32.1. The molecule has 2 N–H and O–H groups in total. The number of anilines is 3. The first-order valence-corrected chi connectivity index (χ1v) is 15.1. The van der Waals surface area contributed by atoms with E-state index in [2.05, 4.69) is 37.4 Å². The van der Waals surface area contributed by atoms with Gasteiger partial charge < -0.3 is 15.4 Å². The number of nitrogens with zero attached hydrogens (tertiary/aromatic N) is 5. The summed E-state index contributed by atoms with van der Waals surface area (Å²) in [7, 11) is 0. The first-order valence-electron chi connectivity index (χ1n) is 13.7. The lowest BCUT2D eigenvalue weighted by Crippen LogP contribution is -2.31. The number of amidine groups is 1. The van der Waals surface area contributed by atoms with Gasteiger partial charge in [0.15, 0.2) is 5.17 Å². The highest BCUT2D eigenvalue weighted by molar-refractivity contribution is 8.15. The average molecular weight is 658 g/mol. The predicted octanol–water partition coefficient (Wildman–Crippen LogP) is 7.36. The van der Waals surface area contributed by atoms with Gasteiger partial charge in [0.2, 0.25) is 11.9 Å². The number of hydrogen-bond acceptors (Lipinski definition) is 7. The summed E-state index contributed by atoms with van der Waals surface area (Å²) in [4.78, 5) is 35.5. The molecule has 2 heterocycles. The van der Waals surface area contributed by atoms with E-state index in [0.29, 0.717) is 27.1 Å². The zero-order valence-electron chi connectivity index (χ0n) is 24.1. The van der Waals surface area contributed by atoms with Crippen molar-refractivity contribution in [3.05, 3.63) is 88.7 Å². The number of aryl methyl sites for hydroxylation is 2. The predicted molar refractivity (Wildman–Crippen MR) is 168 cm³/mol. The van der Waals surface area contributed by atoms with E-state index >= 15 is 0 Å². The molecule has 1 aliphatic heterocycles. The molecular formula is C30H27ClF3N7O3S. The molecule has 3 amide bonds. The molecular weight excluding hydrogens is 631 g/mol. The summed E-state index contributed by atoms with van der Waals surface area (Å²) >= 11 is 7.68. The quantitative estimate of drug-likeness (QED) is 0.193. The van der Waals surface area contributed by atoms with Gasteiger partial charge in [-0.25, -0.2) is 14.5 Å². The fraction of sp³-hybridized carbons (Fsp3) is 0.233. The van der Waals surface area contributed by atoms with Crippen LogP contribution in [0.15, 0.2) is 72.0 Å². The first-order chi connectivity index (χ1) is 21.5. The number of thioether (sulfide) groups is 1. The van der Waals surface area contributed by atoms with Crippen LogP contribution in [0.1, 0.15) is 30.0 Å². The molecule has 10 nitrogen and oxygen atoms in total. The number of carbonyl (C=O) groups excluding carboxylic acids is 2. The maximum atomic E-state index is 12.9. The minimum Gasteiger partial charge on any atom is -0.406 e. The third-order valence-electron chi connectivity index (χ3n) is 6.53. The third kappa shape index (κ3) is 8.13. The van der Waals surface area contributed by atoms with Gasteiger partial charge in [-0.1, -0.05) is 54.9 Å². The number of ether oxygens (including phenoxy) is 1. The molecule has 0 unspecified atom stereocenters. The molecule has 0 spiro atoms. The van der Waals surface area contributed by atoms with Crippen LogP contribution < -0.4 is 20.3 Å². The molecule has 0 aliphatic carbocycles. The number of hydrogen-bond donors (Lipinski definition) is 2. The number of carbonyl (C=O) groups is 2. The standard InChI is InChI=1S/C30H27ClF3N7O3S/c1-3-4-19-6-5-18(2)13-25(19)41-26(42)16-45-29(41)38-28(43)37-21-8-7-20(24(31)14-21)15-35-27-36-17-40(39-27)22-9-11-23(12-10-22)44-30(32,33)34/h5-14,17H,3-4,15-16H2,1-2H3,(H,35,39)(H,37,43). The van der Waals surface area contributed by atoms with Gasteiger partial charge in [-0.3, -0.25) is 9.69 Å². The molecule has 5 rings (SSSR count). The SMILES string of the molecule is CCCc1ccc(C)cc1N1C(=O)CSC1=NC(=O)Nc1ccc(CNc2ncn(-c3ccc(OC(F)(F)F)cc3)n2)c(Cl)c1. The van der Waals surface area contributed by atoms with Crippen LogP contribution in [0, 0.1) is 6.92 Å². The highest BCUT2D eigenvalue weighted by Crippen LogP contribution is 2.32. The Labute approximate surface area is 265 Å². The number of halogens is 4. The fourth-order valence-electron chi connectivity index (χ4n) is 4.49. The van der Waals surface area contributed by atoms with Gasteiger partial charge in [0, 0.05) is 17.3 Å². The van der Waals surface area contributed by atoms with E-state index in [-0.39, 0.29) is 29.9 Å². The summed E-state index contributed by atoms with van der Waals surface area (Å²) in [5.41, 5.74) is 4.35. The molecule has 0 bridgehead atoms. The fourth-order valence-corrected chi connectivity index (χ4v) is 5.60. The van der Waals surface area contributed by atoms with Crippen molar-refractivity contribution in [2.24, 2.45) is 4.99 Å². The maximum Gasteiger partial charge on any atom is 0.573 e. The van der Waals surface area contributed by atoms with E-state index in [9.17, 15) is 22.8 Å². The van der Waals surface area contributed by atoms with Crippen molar-refractivity contribution in [2.75, 3.05) is 21.3 Å². The van der Waals surface area contributed by atoms with E-state index in [0.717, 1.165) is 29.7 Å². The molecule has 45 heavy (non-hydrogen) atoms. The van der Waals surface area contributed by atoms with Gasteiger partial charge in [-0.2, -0.15) is 4.99 Å². The van der Waals surface area contributed by atoms with Crippen LogP contribution in [-0.4, -0.2) is 44.0 Å². The number of alkyl halides is 3. The van der Waals surface area contributed by atoms with Crippen molar-refractivity contribution in [1.82, 2.24) is 14.8 Å². The number of benzene rings is 3. The molecule has 1 saturated heterocycles. The van der Waals surface area contributed by atoms with E-state index in [1.54, 1.807) is 18.2 Å². The smallest absolute Gasteiger partial charge is 0.406 e. The summed E-state index contributed by atoms with van der Waals surface area (Å²) in [6, 6.07) is 15.5. The van der Waals surface area contributed by atoms with Gasteiger partial charge in [0.05, 0.1) is 17.1 Å². The number of aromatic nitrogens is 3. The lowest BCUT2D eigenvalue weighted by Gasteiger charge is -2.20. The van der Waals surface area contributed by atoms with Gasteiger partial charge in [0.25, 0.3) is 0 Å². The van der Waals surface area contributed by atoms with Crippen molar-refractivity contribution >= 4 is 57.8 Å². The molecule has 1 aromatic heterocycles. The highest BCUT2D eigenvalue weighted by Gasteiger charge is 2.32. The Kier molecular flexibility index (Phi) is 9.63. The zero-order valence-corrected chi connectivity index (χ0v) is 25.6. The molecule has 234 valence electrons. The summed E-state index contributed by atoms with van der Waals surface area (Å²) in [5, 5.41) is 10.7. The molecule has 3 aromatic carbocycles. The monoisotopic (exact) mass is 657 g/mol. The first kappa shape index (κ1) is 31.9. The van der Waals surface area contributed by atoms with E-state index < -0.39 is 12.4 Å².